The zero-order valence-electron chi connectivity index (χ0n) is 12.2. The van der Waals surface area contributed by atoms with Gasteiger partial charge in [0.15, 0.2) is 17.4 Å². The third kappa shape index (κ3) is 3.08. The van der Waals surface area contributed by atoms with E-state index in [4.69, 9.17) is 4.52 Å². The molecule has 120 valence electrons. The van der Waals surface area contributed by atoms with Gasteiger partial charge in [-0.3, -0.25) is 0 Å². The fraction of sp³-hybridized carbons (Fsp3) is 0. The molecule has 2 aromatic carbocycles. The van der Waals surface area contributed by atoms with Gasteiger partial charge in [0.05, 0.1) is 0 Å². The van der Waals surface area contributed by atoms with E-state index in [1.54, 1.807) is 6.08 Å². The van der Waals surface area contributed by atoms with Crippen molar-refractivity contribution in [3.63, 3.8) is 0 Å². The predicted molar refractivity (Wildman–Crippen MR) is 84.2 cm³/mol. The Hall–Kier alpha value is -3.28. The van der Waals surface area contributed by atoms with Crippen molar-refractivity contribution in [2.24, 2.45) is 0 Å². The Morgan fingerprint density at radius 2 is 1.79 bits per heavy atom. The van der Waals surface area contributed by atoms with Crippen molar-refractivity contribution in [1.82, 2.24) is 5.16 Å². The number of halogens is 2. The van der Waals surface area contributed by atoms with Gasteiger partial charge in [0.25, 0.3) is 0 Å². The first kappa shape index (κ1) is 15.6. The summed E-state index contributed by atoms with van der Waals surface area (Å²) >= 11 is 0. The van der Waals surface area contributed by atoms with E-state index in [2.05, 4.69) is 5.16 Å². The molecule has 0 amide bonds. The molecule has 0 atom stereocenters. The average Bonchev–Trinajstić information content (AvgIpc) is 3.00. The molecule has 3 aromatic rings. The first-order valence-corrected chi connectivity index (χ1v) is 6.98. The number of rotatable bonds is 4. The molecule has 6 heteroatoms. The molecule has 3 rings (SSSR count). The molecule has 0 saturated carbocycles. The monoisotopic (exact) mass is 327 g/mol. The van der Waals surface area contributed by atoms with Gasteiger partial charge in [-0.05, 0) is 29.8 Å². The van der Waals surface area contributed by atoms with E-state index in [-0.39, 0.29) is 22.6 Å². The molecule has 0 unspecified atom stereocenters. The van der Waals surface area contributed by atoms with Crippen LogP contribution in [0.4, 0.5) is 8.78 Å². The van der Waals surface area contributed by atoms with Crippen LogP contribution in [0, 0.1) is 11.6 Å². The molecule has 0 radical (unpaired) electrons. The number of benzene rings is 2. The molecule has 1 heterocycles. The highest BCUT2D eigenvalue weighted by molar-refractivity contribution is 5.98. The fourth-order valence-corrected chi connectivity index (χ4v) is 2.20. The van der Waals surface area contributed by atoms with Crippen LogP contribution >= 0.6 is 0 Å². The summed E-state index contributed by atoms with van der Waals surface area (Å²) in [6, 6.07) is 12.2. The lowest BCUT2D eigenvalue weighted by molar-refractivity contribution is 0.0696. The molecule has 0 spiro atoms. The lowest BCUT2D eigenvalue weighted by atomic mass is 10.1. The molecular weight excluding hydrogens is 316 g/mol. The van der Waals surface area contributed by atoms with E-state index in [9.17, 15) is 18.7 Å². The minimum Gasteiger partial charge on any atom is -0.477 e. The summed E-state index contributed by atoms with van der Waals surface area (Å²) in [5, 5.41) is 13.1. The predicted octanol–water partition coefficient (Wildman–Crippen LogP) is 4.49. The van der Waals surface area contributed by atoms with Crippen molar-refractivity contribution in [2.75, 3.05) is 0 Å². The largest absolute Gasteiger partial charge is 0.477 e. The van der Waals surface area contributed by atoms with Crippen LogP contribution in [-0.4, -0.2) is 16.2 Å². The Bertz CT molecular complexity index is 917. The van der Waals surface area contributed by atoms with Crippen LogP contribution in [0.1, 0.15) is 21.7 Å². The number of nitrogens with zero attached hydrogens (tertiary/aromatic N) is 1. The standard InChI is InChI=1S/C18H11F2NO3/c19-13-8-7-12(10-14(13)20)17-16(18(22)23)15(24-21-17)9-6-11-4-2-1-3-5-11/h1-10H,(H,22,23)/b9-6+. The number of carbonyl (C=O) groups is 1. The molecule has 0 fully saturated rings. The average molecular weight is 327 g/mol. The second-order valence-corrected chi connectivity index (χ2v) is 4.95. The SMILES string of the molecule is O=C(O)c1c(-c2ccc(F)c(F)c2)noc1/C=C/c1ccccc1. The van der Waals surface area contributed by atoms with Gasteiger partial charge in [-0.2, -0.15) is 0 Å². The third-order valence-electron chi connectivity index (χ3n) is 3.35. The Balaban J connectivity index is 2.03. The maximum absolute atomic E-state index is 13.4. The Labute approximate surface area is 135 Å². The van der Waals surface area contributed by atoms with E-state index >= 15 is 0 Å². The molecule has 1 aromatic heterocycles. The zero-order valence-corrected chi connectivity index (χ0v) is 12.2. The van der Waals surface area contributed by atoms with Crippen LogP contribution in [0.15, 0.2) is 53.1 Å². The van der Waals surface area contributed by atoms with E-state index in [1.165, 1.54) is 12.1 Å². The van der Waals surface area contributed by atoms with Crippen LogP contribution in [0.25, 0.3) is 23.4 Å². The van der Waals surface area contributed by atoms with Crippen molar-refractivity contribution in [2.45, 2.75) is 0 Å². The van der Waals surface area contributed by atoms with Crippen molar-refractivity contribution >= 4 is 18.1 Å². The second kappa shape index (κ2) is 6.45. The van der Waals surface area contributed by atoms with Crippen LogP contribution in [0.2, 0.25) is 0 Å². The van der Waals surface area contributed by atoms with Gasteiger partial charge >= 0.3 is 5.97 Å². The van der Waals surface area contributed by atoms with Gasteiger partial charge in [-0.1, -0.05) is 41.6 Å². The minimum absolute atomic E-state index is 0.0195. The number of hydrogen-bond acceptors (Lipinski definition) is 3. The Morgan fingerprint density at radius 1 is 1.04 bits per heavy atom. The summed E-state index contributed by atoms with van der Waals surface area (Å²) in [7, 11) is 0. The molecular formula is C18H11F2NO3. The maximum atomic E-state index is 13.4. The summed E-state index contributed by atoms with van der Waals surface area (Å²) in [5.41, 5.74) is 0.691. The van der Waals surface area contributed by atoms with Gasteiger partial charge in [0, 0.05) is 5.56 Å². The summed E-state index contributed by atoms with van der Waals surface area (Å²) in [4.78, 5) is 11.5. The van der Waals surface area contributed by atoms with Gasteiger partial charge in [0.2, 0.25) is 0 Å². The maximum Gasteiger partial charge on any atom is 0.341 e. The Morgan fingerprint density at radius 3 is 2.46 bits per heavy atom. The van der Waals surface area contributed by atoms with Crippen molar-refractivity contribution in [3.05, 3.63) is 77.1 Å². The molecule has 0 bridgehead atoms. The van der Waals surface area contributed by atoms with Gasteiger partial charge in [-0.25, -0.2) is 13.6 Å². The summed E-state index contributed by atoms with van der Waals surface area (Å²) < 4.78 is 31.5. The lowest BCUT2D eigenvalue weighted by Crippen LogP contribution is -1.99. The second-order valence-electron chi connectivity index (χ2n) is 4.95. The highest BCUT2D eigenvalue weighted by Crippen LogP contribution is 2.28. The van der Waals surface area contributed by atoms with Crippen molar-refractivity contribution in [3.8, 4) is 11.3 Å². The smallest absolute Gasteiger partial charge is 0.341 e. The molecule has 0 aliphatic heterocycles. The van der Waals surface area contributed by atoms with Crippen LogP contribution < -0.4 is 0 Å². The van der Waals surface area contributed by atoms with Crippen LogP contribution in [0.5, 0.6) is 0 Å². The van der Waals surface area contributed by atoms with Gasteiger partial charge < -0.3 is 9.63 Å². The first-order chi connectivity index (χ1) is 11.6. The van der Waals surface area contributed by atoms with Crippen LogP contribution in [-0.2, 0) is 0 Å². The van der Waals surface area contributed by atoms with Crippen molar-refractivity contribution < 1.29 is 23.2 Å². The third-order valence-corrected chi connectivity index (χ3v) is 3.35. The number of aromatic carboxylic acids is 1. The molecule has 0 aliphatic carbocycles. The summed E-state index contributed by atoms with van der Waals surface area (Å²) in [5.74, 6) is -3.37. The van der Waals surface area contributed by atoms with Crippen LogP contribution in [0.3, 0.4) is 0 Å². The summed E-state index contributed by atoms with van der Waals surface area (Å²) in [6.07, 6.45) is 3.14. The molecule has 0 saturated heterocycles. The van der Waals surface area contributed by atoms with E-state index in [0.29, 0.717) is 0 Å². The lowest BCUT2D eigenvalue weighted by Gasteiger charge is -1.99. The van der Waals surface area contributed by atoms with Crippen molar-refractivity contribution in [1.29, 1.82) is 0 Å². The minimum atomic E-state index is -1.27. The molecule has 1 N–H and O–H groups in total. The number of aromatic nitrogens is 1. The number of carboxylic acid groups (broad SMARTS) is 1. The first-order valence-electron chi connectivity index (χ1n) is 6.98. The van der Waals surface area contributed by atoms with E-state index in [0.717, 1.165) is 17.7 Å². The number of hydrogen-bond donors (Lipinski definition) is 1. The van der Waals surface area contributed by atoms with E-state index in [1.807, 2.05) is 30.3 Å². The molecule has 0 aliphatic rings. The normalized spacial score (nSPS) is 11.1. The van der Waals surface area contributed by atoms with Gasteiger partial charge in [-0.15, -0.1) is 0 Å². The highest BCUT2D eigenvalue weighted by atomic mass is 19.2. The Kier molecular flexibility index (Phi) is 4.20. The topological polar surface area (TPSA) is 63.3 Å². The molecule has 4 nitrogen and oxygen atoms in total. The van der Waals surface area contributed by atoms with Gasteiger partial charge in [0.1, 0.15) is 11.3 Å². The van der Waals surface area contributed by atoms with E-state index < -0.39 is 17.6 Å². The zero-order chi connectivity index (χ0) is 17.1. The quantitative estimate of drug-likeness (QED) is 0.767. The summed E-state index contributed by atoms with van der Waals surface area (Å²) in [6.45, 7) is 0. The highest BCUT2D eigenvalue weighted by Gasteiger charge is 2.22. The number of carboxylic acids is 1. The molecule has 24 heavy (non-hydrogen) atoms. The fourth-order valence-electron chi connectivity index (χ4n) is 2.20.